The van der Waals surface area contributed by atoms with E-state index in [4.69, 9.17) is 4.98 Å². The molecule has 0 aliphatic rings. The summed E-state index contributed by atoms with van der Waals surface area (Å²) < 4.78 is 0. The van der Waals surface area contributed by atoms with Crippen LogP contribution in [0.2, 0.25) is 0 Å². The van der Waals surface area contributed by atoms with Crippen LogP contribution in [0.25, 0.3) is 0 Å². The molecule has 0 saturated carbocycles. The van der Waals surface area contributed by atoms with Crippen molar-refractivity contribution in [2.45, 2.75) is 39.8 Å². The van der Waals surface area contributed by atoms with Gasteiger partial charge in [0.15, 0.2) is 5.13 Å². The fraction of sp³-hybridized carbons (Fsp3) is 0.786. The summed E-state index contributed by atoms with van der Waals surface area (Å²) in [4.78, 5) is 10.6. The molecule has 0 unspecified atom stereocenters. The number of hydrogen-bond acceptors (Lipinski definition) is 5. The average Bonchev–Trinajstić information content (AvgIpc) is 2.76. The molecule has 0 amide bonds. The molecule has 5 heteroatoms. The number of aromatic nitrogens is 1. The quantitative estimate of drug-likeness (QED) is 0.793. The lowest BCUT2D eigenvalue weighted by molar-refractivity contribution is 0.416. The third kappa shape index (κ3) is 5.47. The van der Waals surface area contributed by atoms with E-state index in [-0.39, 0.29) is 0 Å². The van der Waals surface area contributed by atoms with Crippen LogP contribution in [0.5, 0.6) is 0 Å². The van der Waals surface area contributed by atoms with Crippen LogP contribution in [0.3, 0.4) is 0 Å². The summed E-state index contributed by atoms with van der Waals surface area (Å²) in [6.07, 6.45) is 1.01. The van der Waals surface area contributed by atoms with Crippen molar-refractivity contribution in [3.05, 3.63) is 10.6 Å². The molecule has 0 aliphatic heterocycles. The van der Waals surface area contributed by atoms with Gasteiger partial charge in [0.1, 0.15) is 0 Å². The first-order chi connectivity index (χ1) is 8.93. The van der Waals surface area contributed by atoms with Crippen LogP contribution in [0.1, 0.15) is 31.3 Å². The molecule has 0 fully saturated rings. The van der Waals surface area contributed by atoms with E-state index < -0.39 is 0 Å². The van der Waals surface area contributed by atoms with Crippen LogP contribution in [-0.4, -0.2) is 50.2 Å². The SMILES string of the molecule is CCc1nc(N(C)CCN(C)C)sc1CNC(C)C. The van der Waals surface area contributed by atoms with E-state index in [1.807, 2.05) is 11.3 Å². The van der Waals surface area contributed by atoms with Gasteiger partial charge in [-0.15, -0.1) is 11.3 Å². The lowest BCUT2D eigenvalue weighted by atomic mass is 10.3. The van der Waals surface area contributed by atoms with Crippen LogP contribution < -0.4 is 10.2 Å². The second-order valence-corrected chi connectivity index (χ2v) is 6.54. The predicted octanol–water partition coefficient (Wildman–Crippen LogP) is 2.20. The fourth-order valence-electron chi connectivity index (χ4n) is 1.69. The molecule has 4 nitrogen and oxygen atoms in total. The van der Waals surface area contributed by atoms with Crippen molar-refractivity contribution in [2.24, 2.45) is 0 Å². The summed E-state index contributed by atoms with van der Waals surface area (Å²) in [7, 11) is 6.33. The second kappa shape index (κ2) is 7.82. The first kappa shape index (κ1) is 16.4. The Bertz CT molecular complexity index is 374. The molecule has 110 valence electrons. The van der Waals surface area contributed by atoms with Crippen molar-refractivity contribution in [3.8, 4) is 0 Å². The highest BCUT2D eigenvalue weighted by molar-refractivity contribution is 7.15. The number of rotatable bonds is 8. The zero-order valence-corrected chi connectivity index (χ0v) is 14.0. The Labute approximate surface area is 121 Å². The van der Waals surface area contributed by atoms with E-state index in [1.54, 1.807) is 0 Å². The van der Waals surface area contributed by atoms with Crippen molar-refractivity contribution in [1.82, 2.24) is 15.2 Å². The van der Waals surface area contributed by atoms with Gasteiger partial charge in [0.05, 0.1) is 5.69 Å². The van der Waals surface area contributed by atoms with Crippen LogP contribution >= 0.6 is 11.3 Å². The number of thiazole rings is 1. The minimum absolute atomic E-state index is 0.515. The molecule has 0 radical (unpaired) electrons. The lowest BCUT2D eigenvalue weighted by Gasteiger charge is -2.18. The Morgan fingerprint density at radius 2 is 1.89 bits per heavy atom. The molecule has 0 aromatic carbocycles. The zero-order valence-electron chi connectivity index (χ0n) is 13.2. The lowest BCUT2D eigenvalue weighted by Crippen LogP contribution is -2.28. The highest BCUT2D eigenvalue weighted by atomic mass is 32.1. The number of likely N-dealkylation sites (N-methyl/N-ethyl adjacent to an activating group) is 2. The van der Waals surface area contributed by atoms with Crippen LogP contribution in [-0.2, 0) is 13.0 Å². The van der Waals surface area contributed by atoms with Crippen molar-refractivity contribution < 1.29 is 0 Å². The maximum absolute atomic E-state index is 4.77. The average molecular weight is 284 g/mol. The molecular formula is C14H28N4S. The van der Waals surface area contributed by atoms with E-state index in [9.17, 15) is 0 Å². The molecular weight excluding hydrogens is 256 g/mol. The van der Waals surface area contributed by atoms with Crippen LogP contribution in [0.15, 0.2) is 0 Å². The Balaban J connectivity index is 2.68. The summed E-state index contributed by atoms with van der Waals surface area (Å²) in [6.45, 7) is 9.53. The smallest absolute Gasteiger partial charge is 0.185 e. The van der Waals surface area contributed by atoms with Gasteiger partial charge in [0, 0.05) is 37.6 Å². The third-order valence-electron chi connectivity index (χ3n) is 2.98. The third-order valence-corrected chi connectivity index (χ3v) is 4.19. The number of aryl methyl sites for hydroxylation is 1. The van der Waals surface area contributed by atoms with Gasteiger partial charge < -0.3 is 15.1 Å². The van der Waals surface area contributed by atoms with E-state index in [1.165, 1.54) is 10.6 Å². The van der Waals surface area contributed by atoms with Crippen molar-refractivity contribution >= 4 is 16.5 Å². The van der Waals surface area contributed by atoms with Gasteiger partial charge in [-0.05, 0) is 20.5 Å². The maximum Gasteiger partial charge on any atom is 0.185 e. The summed E-state index contributed by atoms with van der Waals surface area (Å²) in [5.41, 5.74) is 1.24. The Morgan fingerprint density at radius 1 is 1.21 bits per heavy atom. The van der Waals surface area contributed by atoms with Gasteiger partial charge in [-0.2, -0.15) is 0 Å². The summed E-state index contributed by atoms with van der Waals surface area (Å²) in [5.74, 6) is 0. The van der Waals surface area contributed by atoms with Gasteiger partial charge in [-0.1, -0.05) is 20.8 Å². The molecule has 1 N–H and O–H groups in total. The molecule has 0 aliphatic carbocycles. The van der Waals surface area contributed by atoms with E-state index in [0.717, 1.165) is 31.2 Å². The molecule has 1 aromatic heterocycles. The molecule has 1 heterocycles. The van der Waals surface area contributed by atoms with Gasteiger partial charge >= 0.3 is 0 Å². The Kier molecular flexibility index (Phi) is 6.75. The molecule has 1 aromatic rings. The normalized spacial score (nSPS) is 11.6. The minimum atomic E-state index is 0.515. The second-order valence-electron chi connectivity index (χ2n) is 5.48. The standard InChI is InChI=1S/C14H28N4S/c1-7-12-13(10-15-11(2)3)19-14(16-12)18(6)9-8-17(4)5/h11,15H,7-10H2,1-6H3. The molecule has 0 atom stereocenters. The highest BCUT2D eigenvalue weighted by Crippen LogP contribution is 2.26. The first-order valence-electron chi connectivity index (χ1n) is 7.01. The monoisotopic (exact) mass is 284 g/mol. The number of anilines is 1. The van der Waals surface area contributed by atoms with Gasteiger partial charge in [0.2, 0.25) is 0 Å². The van der Waals surface area contributed by atoms with Crippen molar-refractivity contribution in [3.63, 3.8) is 0 Å². The van der Waals surface area contributed by atoms with Crippen LogP contribution in [0, 0.1) is 0 Å². The Morgan fingerprint density at radius 3 is 2.42 bits per heavy atom. The molecule has 0 spiro atoms. The van der Waals surface area contributed by atoms with E-state index >= 15 is 0 Å². The van der Waals surface area contributed by atoms with Crippen molar-refractivity contribution in [1.29, 1.82) is 0 Å². The van der Waals surface area contributed by atoms with E-state index in [2.05, 4.69) is 57.0 Å². The van der Waals surface area contributed by atoms with Crippen molar-refractivity contribution in [2.75, 3.05) is 39.1 Å². The number of hydrogen-bond donors (Lipinski definition) is 1. The van der Waals surface area contributed by atoms with Gasteiger partial charge in [-0.25, -0.2) is 4.98 Å². The number of nitrogens with one attached hydrogen (secondary N) is 1. The summed E-state index contributed by atoms with van der Waals surface area (Å²) >= 11 is 1.82. The predicted molar refractivity (Wildman–Crippen MR) is 85.3 cm³/mol. The first-order valence-corrected chi connectivity index (χ1v) is 7.83. The van der Waals surface area contributed by atoms with Gasteiger partial charge in [0.25, 0.3) is 0 Å². The fourth-order valence-corrected chi connectivity index (χ4v) is 2.78. The maximum atomic E-state index is 4.77. The largest absolute Gasteiger partial charge is 0.350 e. The van der Waals surface area contributed by atoms with Crippen LogP contribution in [0.4, 0.5) is 5.13 Å². The summed E-state index contributed by atoms with van der Waals surface area (Å²) in [6, 6.07) is 0.515. The highest BCUT2D eigenvalue weighted by Gasteiger charge is 2.13. The van der Waals surface area contributed by atoms with Gasteiger partial charge in [-0.3, -0.25) is 0 Å². The zero-order chi connectivity index (χ0) is 14.4. The molecule has 0 saturated heterocycles. The molecule has 0 bridgehead atoms. The molecule has 19 heavy (non-hydrogen) atoms. The Hall–Kier alpha value is -0.650. The minimum Gasteiger partial charge on any atom is -0.350 e. The topological polar surface area (TPSA) is 31.4 Å². The molecule has 1 rings (SSSR count). The van der Waals surface area contributed by atoms with E-state index in [0.29, 0.717) is 6.04 Å². The number of nitrogens with zero attached hydrogens (tertiary/aromatic N) is 3. The summed E-state index contributed by atoms with van der Waals surface area (Å²) in [5, 5.41) is 4.62.